The molecule has 3 atom stereocenters. The summed E-state index contributed by atoms with van der Waals surface area (Å²) in [6.07, 6.45) is 0.475. The van der Waals surface area contributed by atoms with Gasteiger partial charge in [-0.1, -0.05) is 78.9 Å². The summed E-state index contributed by atoms with van der Waals surface area (Å²) in [5, 5.41) is 0. The zero-order valence-corrected chi connectivity index (χ0v) is 14.7. The van der Waals surface area contributed by atoms with E-state index < -0.39 is 11.4 Å². The zero-order chi connectivity index (χ0) is 18.4. The van der Waals surface area contributed by atoms with Gasteiger partial charge in [0.1, 0.15) is 11.2 Å². The first-order valence-corrected chi connectivity index (χ1v) is 9.18. The fraction of sp³-hybridized carbons (Fsp3) is 0.167. The molecule has 2 aliphatic rings. The minimum atomic E-state index is -1.14. The Morgan fingerprint density at radius 1 is 0.852 bits per heavy atom. The maximum absolute atomic E-state index is 13.5. The molecule has 1 saturated carbocycles. The van der Waals surface area contributed by atoms with Crippen LogP contribution in [0.15, 0.2) is 84.9 Å². The predicted molar refractivity (Wildman–Crippen MR) is 102 cm³/mol. The number of para-hydroxylation sites is 1. The van der Waals surface area contributed by atoms with Crippen molar-refractivity contribution in [1.29, 1.82) is 0 Å². The van der Waals surface area contributed by atoms with Crippen LogP contribution in [0.1, 0.15) is 39.7 Å². The minimum absolute atomic E-state index is 0.118. The lowest BCUT2D eigenvalue weighted by molar-refractivity contribution is -0.153. The molecule has 1 aliphatic carbocycles. The number of fused-ring (bicyclic) bond motifs is 3. The van der Waals surface area contributed by atoms with E-state index in [0.717, 1.165) is 11.1 Å². The maximum Gasteiger partial charge on any atom is 0.326 e. The first-order chi connectivity index (χ1) is 13.2. The van der Waals surface area contributed by atoms with E-state index in [0.29, 0.717) is 17.7 Å². The molecule has 0 aromatic heterocycles. The van der Waals surface area contributed by atoms with Crippen molar-refractivity contribution >= 4 is 11.8 Å². The molecule has 0 saturated heterocycles. The summed E-state index contributed by atoms with van der Waals surface area (Å²) < 4.78 is 5.64. The van der Waals surface area contributed by atoms with Crippen molar-refractivity contribution < 1.29 is 14.3 Å². The average molecular weight is 354 g/mol. The maximum atomic E-state index is 13.5. The van der Waals surface area contributed by atoms with Gasteiger partial charge in [0.05, 0.1) is 0 Å². The lowest BCUT2D eigenvalue weighted by atomic mass is 9.47. The van der Waals surface area contributed by atoms with E-state index in [1.165, 1.54) is 0 Å². The van der Waals surface area contributed by atoms with E-state index in [1.807, 2.05) is 60.7 Å². The van der Waals surface area contributed by atoms with Crippen molar-refractivity contribution in [3.05, 3.63) is 102 Å². The lowest BCUT2D eigenvalue weighted by Gasteiger charge is -2.54. The summed E-state index contributed by atoms with van der Waals surface area (Å²) in [6, 6.07) is 26.8. The van der Waals surface area contributed by atoms with Crippen LogP contribution < -0.4 is 4.74 Å². The largest absolute Gasteiger partial charge is 0.425 e. The van der Waals surface area contributed by atoms with Crippen LogP contribution in [0.2, 0.25) is 0 Å². The Morgan fingerprint density at radius 3 is 2.22 bits per heavy atom. The molecular weight excluding hydrogens is 336 g/mol. The summed E-state index contributed by atoms with van der Waals surface area (Å²) in [6.45, 7) is 0. The van der Waals surface area contributed by atoms with E-state index in [2.05, 4.69) is 12.1 Å². The third-order valence-corrected chi connectivity index (χ3v) is 5.97. The fourth-order valence-corrected chi connectivity index (χ4v) is 4.67. The second kappa shape index (κ2) is 5.92. The van der Waals surface area contributed by atoms with Crippen LogP contribution in [-0.4, -0.2) is 11.8 Å². The first kappa shape index (κ1) is 16.0. The molecule has 0 N–H and O–H groups in total. The van der Waals surface area contributed by atoms with E-state index >= 15 is 0 Å². The lowest BCUT2D eigenvalue weighted by Crippen LogP contribution is -2.59. The number of hydrogen-bond donors (Lipinski definition) is 0. The van der Waals surface area contributed by atoms with Gasteiger partial charge in [-0.3, -0.25) is 9.59 Å². The van der Waals surface area contributed by atoms with Gasteiger partial charge in [-0.25, -0.2) is 0 Å². The molecule has 132 valence electrons. The Morgan fingerprint density at radius 2 is 1.48 bits per heavy atom. The Hall–Kier alpha value is -3.20. The van der Waals surface area contributed by atoms with E-state index in [-0.39, 0.29) is 17.6 Å². The molecular formula is C24H18O3. The highest BCUT2D eigenvalue weighted by atomic mass is 16.5. The molecule has 27 heavy (non-hydrogen) atoms. The number of hydrogen-bond acceptors (Lipinski definition) is 3. The molecule has 3 nitrogen and oxygen atoms in total. The molecule has 0 radical (unpaired) electrons. The first-order valence-electron chi connectivity index (χ1n) is 9.18. The van der Waals surface area contributed by atoms with Crippen molar-refractivity contribution in [2.75, 3.05) is 0 Å². The Bertz CT molecular complexity index is 1030. The number of esters is 1. The second-order valence-electron chi connectivity index (χ2n) is 7.29. The van der Waals surface area contributed by atoms with Gasteiger partial charge in [0, 0.05) is 17.0 Å². The molecule has 0 spiro atoms. The number of benzene rings is 3. The van der Waals surface area contributed by atoms with Crippen molar-refractivity contribution in [1.82, 2.24) is 0 Å². The van der Waals surface area contributed by atoms with Gasteiger partial charge in [-0.15, -0.1) is 0 Å². The smallest absolute Gasteiger partial charge is 0.326 e. The third kappa shape index (κ3) is 2.21. The SMILES string of the molecule is O=C1Oc2ccccc2[C@H]2[C@@H](c3ccccc3)C[C@@]12C(=O)c1ccccc1. The number of carbonyl (C=O) groups is 2. The molecule has 0 bridgehead atoms. The predicted octanol–water partition coefficient (Wildman–Crippen LogP) is 4.75. The van der Waals surface area contributed by atoms with Crippen molar-refractivity contribution in [3.8, 4) is 5.75 Å². The summed E-state index contributed by atoms with van der Waals surface area (Å²) in [4.78, 5) is 26.6. The molecule has 5 rings (SSSR count). The highest BCUT2D eigenvalue weighted by molar-refractivity contribution is 6.15. The Balaban J connectivity index is 1.66. The highest BCUT2D eigenvalue weighted by Gasteiger charge is 2.67. The van der Waals surface area contributed by atoms with E-state index in [9.17, 15) is 9.59 Å². The quantitative estimate of drug-likeness (QED) is 0.295. The minimum Gasteiger partial charge on any atom is -0.425 e. The molecule has 0 amide bonds. The second-order valence-corrected chi connectivity index (χ2v) is 7.29. The normalized spacial score (nSPS) is 25.6. The van der Waals surface area contributed by atoms with Crippen LogP contribution in [0.3, 0.4) is 0 Å². The molecule has 1 fully saturated rings. The number of ether oxygens (including phenoxy) is 1. The van der Waals surface area contributed by atoms with Crippen molar-refractivity contribution in [3.63, 3.8) is 0 Å². The third-order valence-electron chi connectivity index (χ3n) is 5.97. The van der Waals surface area contributed by atoms with E-state index in [4.69, 9.17) is 4.74 Å². The van der Waals surface area contributed by atoms with Gasteiger partial charge < -0.3 is 4.74 Å². The van der Waals surface area contributed by atoms with Crippen molar-refractivity contribution in [2.45, 2.75) is 18.3 Å². The molecule has 1 aliphatic heterocycles. The molecule has 1 heterocycles. The summed E-state index contributed by atoms with van der Waals surface area (Å²) in [5.41, 5.74) is 1.52. The standard InChI is InChI=1S/C24H18O3/c25-22(17-11-5-2-6-12-17)24-15-19(16-9-3-1-4-10-16)21(24)18-13-7-8-14-20(18)27-23(24)26/h1-14,19,21H,15H2/t19-,21+,24-/m1/s1. The van der Waals surface area contributed by atoms with Gasteiger partial charge in [0.25, 0.3) is 0 Å². The number of rotatable bonds is 3. The molecule has 3 heteroatoms. The van der Waals surface area contributed by atoms with Crippen LogP contribution in [0.25, 0.3) is 0 Å². The molecule has 3 aromatic rings. The topological polar surface area (TPSA) is 43.4 Å². The van der Waals surface area contributed by atoms with Crippen LogP contribution in [0, 0.1) is 5.41 Å². The van der Waals surface area contributed by atoms with Crippen LogP contribution in [0.5, 0.6) is 5.75 Å². The summed E-state index contributed by atoms with van der Waals surface area (Å²) in [7, 11) is 0. The number of ketones is 1. The van der Waals surface area contributed by atoms with Gasteiger partial charge in [0.2, 0.25) is 0 Å². The summed E-state index contributed by atoms with van der Waals surface area (Å²) in [5.74, 6) is -0.0745. The molecule has 3 aromatic carbocycles. The molecule has 0 unspecified atom stereocenters. The monoisotopic (exact) mass is 354 g/mol. The Kier molecular flexibility index (Phi) is 3.51. The zero-order valence-electron chi connectivity index (χ0n) is 14.7. The van der Waals surface area contributed by atoms with Crippen LogP contribution >= 0.6 is 0 Å². The van der Waals surface area contributed by atoms with Crippen LogP contribution in [-0.2, 0) is 4.79 Å². The van der Waals surface area contributed by atoms with E-state index in [1.54, 1.807) is 12.1 Å². The van der Waals surface area contributed by atoms with Gasteiger partial charge >= 0.3 is 5.97 Å². The van der Waals surface area contributed by atoms with Crippen molar-refractivity contribution in [2.24, 2.45) is 5.41 Å². The number of carbonyl (C=O) groups excluding carboxylic acids is 2. The average Bonchev–Trinajstić information content (AvgIpc) is 2.70. The van der Waals surface area contributed by atoms with Gasteiger partial charge in [-0.2, -0.15) is 0 Å². The fourth-order valence-electron chi connectivity index (χ4n) is 4.67. The highest BCUT2D eigenvalue weighted by Crippen LogP contribution is 2.66. The van der Waals surface area contributed by atoms with Gasteiger partial charge in [-0.05, 0) is 24.0 Å². The number of Topliss-reactive ketones (excluding diaryl/α,β-unsaturated/α-hetero) is 1. The summed E-state index contributed by atoms with van der Waals surface area (Å²) >= 11 is 0. The Labute approximate surface area is 157 Å². The van der Waals surface area contributed by atoms with Gasteiger partial charge in [0.15, 0.2) is 5.78 Å². The van der Waals surface area contributed by atoms with Crippen LogP contribution in [0.4, 0.5) is 0 Å².